The molecule has 1 heterocycles. The molecule has 0 aliphatic rings. The zero-order valence-electron chi connectivity index (χ0n) is 11.4. The fourth-order valence-electron chi connectivity index (χ4n) is 2.16. The van der Waals surface area contributed by atoms with Crippen molar-refractivity contribution in [3.05, 3.63) is 53.1 Å². The number of aliphatic imine (C=N–C) groups is 2. The fourth-order valence-corrected chi connectivity index (χ4v) is 2.35. The van der Waals surface area contributed by atoms with Crippen LogP contribution in [0.15, 0.2) is 46.8 Å². The van der Waals surface area contributed by atoms with Gasteiger partial charge >= 0.3 is 0 Å². The third kappa shape index (κ3) is 2.44. The second-order valence-electron chi connectivity index (χ2n) is 4.24. The van der Waals surface area contributed by atoms with E-state index in [1.54, 1.807) is 24.8 Å². The topological polar surface area (TPSA) is 68.6 Å². The maximum absolute atomic E-state index is 6.09. The lowest BCUT2D eigenvalue weighted by atomic mass is 9.97. The number of rotatable bonds is 4. The molecule has 0 amide bonds. The van der Waals surface area contributed by atoms with Gasteiger partial charge in [-0.15, -0.1) is 0 Å². The van der Waals surface area contributed by atoms with Gasteiger partial charge in [-0.1, -0.05) is 23.7 Å². The predicted octanol–water partition coefficient (Wildman–Crippen LogP) is 2.35. The monoisotopic (exact) mass is 289 g/mol. The van der Waals surface area contributed by atoms with Crippen molar-refractivity contribution < 1.29 is 0 Å². The minimum Gasteiger partial charge on any atom is -0.390 e. The molecule has 5 nitrogen and oxygen atoms in total. The van der Waals surface area contributed by atoms with Crippen LogP contribution in [0, 0.1) is 0 Å². The summed E-state index contributed by atoms with van der Waals surface area (Å²) in [5, 5.41) is 0.618. The second-order valence-corrected chi connectivity index (χ2v) is 4.67. The number of imidazole rings is 1. The lowest BCUT2D eigenvalue weighted by Gasteiger charge is -2.26. The summed E-state index contributed by atoms with van der Waals surface area (Å²) >= 11 is 6.09. The number of benzene rings is 1. The van der Waals surface area contributed by atoms with Gasteiger partial charge in [0.05, 0.1) is 24.6 Å². The van der Waals surface area contributed by atoms with Crippen molar-refractivity contribution in [2.75, 3.05) is 0 Å². The van der Waals surface area contributed by atoms with E-state index in [1.165, 1.54) is 6.34 Å². The molecule has 1 unspecified atom stereocenters. The molecule has 2 aromatic rings. The number of hydrogen-bond acceptors (Lipinski definition) is 3. The van der Waals surface area contributed by atoms with Crippen LogP contribution in [-0.4, -0.2) is 22.1 Å². The number of nitrogens with zero attached hydrogens (tertiary/aromatic N) is 4. The Hall–Kier alpha value is -2.14. The quantitative estimate of drug-likeness (QED) is 0.693. The maximum Gasteiger partial charge on any atom is 0.218 e. The zero-order chi connectivity index (χ0) is 14.6. The molecule has 20 heavy (non-hydrogen) atoms. The summed E-state index contributed by atoms with van der Waals surface area (Å²) in [4.78, 5) is 13.1. The summed E-state index contributed by atoms with van der Waals surface area (Å²) in [5.41, 5.74) is 6.21. The summed E-state index contributed by atoms with van der Waals surface area (Å²) < 4.78 is 1.86. The minimum atomic E-state index is -0.973. The highest BCUT2D eigenvalue weighted by atomic mass is 35.5. The Morgan fingerprint density at radius 3 is 2.75 bits per heavy atom. The van der Waals surface area contributed by atoms with Gasteiger partial charge in [0.15, 0.2) is 0 Å². The van der Waals surface area contributed by atoms with Crippen molar-refractivity contribution in [3.8, 4) is 0 Å². The molecule has 6 heteroatoms. The number of hydrogen-bond donors (Lipinski definition) is 1. The Kier molecular flexibility index (Phi) is 4.20. The largest absolute Gasteiger partial charge is 0.390 e. The van der Waals surface area contributed by atoms with E-state index in [4.69, 9.17) is 17.3 Å². The number of aromatic nitrogens is 2. The molecule has 104 valence electrons. The number of nitrogens with two attached hydrogens (primary N) is 1. The molecule has 2 N–H and O–H groups in total. The summed E-state index contributed by atoms with van der Waals surface area (Å²) in [7, 11) is 1.89. The first-order valence-corrected chi connectivity index (χ1v) is 6.50. The van der Waals surface area contributed by atoms with Crippen molar-refractivity contribution in [3.63, 3.8) is 0 Å². The van der Waals surface area contributed by atoms with Crippen LogP contribution in [0.25, 0.3) is 0 Å². The van der Waals surface area contributed by atoms with Gasteiger partial charge in [0.25, 0.3) is 0 Å². The molecular weight excluding hydrogens is 274 g/mol. The molecule has 1 atom stereocenters. The van der Waals surface area contributed by atoms with Crippen LogP contribution in [0.4, 0.5) is 0 Å². The average Bonchev–Trinajstić information content (AvgIpc) is 2.85. The van der Waals surface area contributed by atoms with Gasteiger partial charge in [-0.2, -0.15) is 0 Å². The van der Waals surface area contributed by atoms with E-state index in [2.05, 4.69) is 15.0 Å². The van der Waals surface area contributed by atoms with Gasteiger partial charge in [-0.25, -0.2) is 9.98 Å². The fraction of sp³-hybridized carbons (Fsp3) is 0.214. The highest BCUT2D eigenvalue weighted by molar-refractivity contribution is 6.30. The Bertz CT molecular complexity index is 633. The number of halogens is 1. The lowest BCUT2D eigenvalue weighted by Crippen LogP contribution is -2.27. The van der Waals surface area contributed by atoms with E-state index < -0.39 is 5.66 Å². The standard InChI is InChI=1S/C14H16ClN5/c1-3-18-14(19-9-16,13-8-17-10-20(13)2)11-5-4-6-12(15)7-11/h3-10H,1-2H3,(H2,16,19)/b18-3+. The van der Waals surface area contributed by atoms with Crippen LogP contribution in [0.5, 0.6) is 0 Å². The van der Waals surface area contributed by atoms with Crippen LogP contribution in [0.3, 0.4) is 0 Å². The van der Waals surface area contributed by atoms with Crippen molar-refractivity contribution in [2.24, 2.45) is 22.8 Å². The molecule has 1 aromatic carbocycles. The zero-order valence-corrected chi connectivity index (χ0v) is 12.1. The maximum atomic E-state index is 6.09. The SMILES string of the molecule is C/C=N/C(/N=C/N)(c1cccc(Cl)c1)c1cncn1C. The van der Waals surface area contributed by atoms with Crippen LogP contribution in [0.2, 0.25) is 5.02 Å². The van der Waals surface area contributed by atoms with E-state index in [0.29, 0.717) is 5.02 Å². The van der Waals surface area contributed by atoms with Gasteiger partial charge in [-0.05, 0) is 25.3 Å². The van der Waals surface area contributed by atoms with Crippen LogP contribution in [0.1, 0.15) is 18.2 Å². The molecule has 0 aliphatic carbocycles. The highest BCUT2D eigenvalue weighted by Crippen LogP contribution is 2.35. The van der Waals surface area contributed by atoms with Gasteiger partial charge in [0.1, 0.15) is 0 Å². The van der Waals surface area contributed by atoms with Crippen molar-refractivity contribution in [1.29, 1.82) is 0 Å². The average molecular weight is 290 g/mol. The first kappa shape index (κ1) is 14.3. The molecule has 0 bridgehead atoms. The van der Waals surface area contributed by atoms with Crippen LogP contribution < -0.4 is 5.73 Å². The van der Waals surface area contributed by atoms with E-state index in [9.17, 15) is 0 Å². The van der Waals surface area contributed by atoms with Crippen LogP contribution in [-0.2, 0) is 12.7 Å². The summed E-state index contributed by atoms with van der Waals surface area (Å²) in [6, 6.07) is 7.41. The molecule has 0 fully saturated rings. The third-order valence-corrected chi connectivity index (χ3v) is 3.21. The normalized spacial score (nSPS) is 14.9. The van der Waals surface area contributed by atoms with Crippen molar-refractivity contribution in [1.82, 2.24) is 9.55 Å². The molecule has 1 aromatic heterocycles. The van der Waals surface area contributed by atoms with E-state index in [-0.39, 0.29) is 0 Å². The summed E-state index contributed by atoms with van der Waals surface area (Å²) in [5.74, 6) is 0. The van der Waals surface area contributed by atoms with E-state index in [1.807, 2.05) is 36.7 Å². The molecule has 0 radical (unpaired) electrons. The van der Waals surface area contributed by atoms with E-state index in [0.717, 1.165) is 11.3 Å². The van der Waals surface area contributed by atoms with Crippen molar-refractivity contribution >= 4 is 24.2 Å². The smallest absolute Gasteiger partial charge is 0.218 e. The summed E-state index contributed by atoms with van der Waals surface area (Å²) in [6.07, 6.45) is 6.37. The Labute approximate surface area is 122 Å². The molecule has 0 aliphatic heterocycles. The van der Waals surface area contributed by atoms with Gasteiger partial charge in [-0.3, -0.25) is 4.99 Å². The molecule has 0 spiro atoms. The van der Waals surface area contributed by atoms with E-state index >= 15 is 0 Å². The molecular formula is C14H16ClN5. The second kappa shape index (κ2) is 5.88. The molecule has 0 saturated heterocycles. The predicted molar refractivity (Wildman–Crippen MR) is 82.3 cm³/mol. The van der Waals surface area contributed by atoms with Gasteiger partial charge in [0, 0.05) is 17.6 Å². The Morgan fingerprint density at radius 1 is 1.40 bits per heavy atom. The number of aryl methyl sites for hydroxylation is 1. The third-order valence-electron chi connectivity index (χ3n) is 2.98. The Balaban J connectivity index is 2.75. The Morgan fingerprint density at radius 2 is 2.20 bits per heavy atom. The lowest BCUT2D eigenvalue weighted by molar-refractivity contribution is 0.536. The van der Waals surface area contributed by atoms with Crippen molar-refractivity contribution in [2.45, 2.75) is 12.6 Å². The van der Waals surface area contributed by atoms with Gasteiger partial charge < -0.3 is 10.3 Å². The first-order chi connectivity index (χ1) is 9.64. The molecule has 0 saturated carbocycles. The van der Waals surface area contributed by atoms with Gasteiger partial charge in [0.2, 0.25) is 5.66 Å². The molecule has 2 rings (SSSR count). The minimum absolute atomic E-state index is 0.618. The van der Waals surface area contributed by atoms with Crippen LogP contribution >= 0.6 is 11.6 Å². The summed E-state index contributed by atoms with van der Waals surface area (Å²) in [6.45, 7) is 1.84. The first-order valence-electron chi connectivity index (χ1n) is 6.12. The highest BCUT2D eigenvalue weighted by Gasteiger charge is 2.35.